The third kappa shape index (κ3) is 5.81. The second-order valence-corrected chi connectivity index (χ2v) is 5.62. The van der Waals surface area contributed by atoms with Gasteiger partial charge in [-0.15, -0.1) is 0 Å². The van der Waals surface area contributed by atoms with Gasteiger partial charge in [0.15, 0.2) is 0 Å². The molecule has 134 valence electrons. The van der Waals surface area contributed by atoms with Crippen LogP contribution in [0.25, 0.3) is 0 Å². The lowest BCUT2D eigenvalue weighted by atomic mass is 10.1. The van der Waals surface area contributed by atoms with Crippen molar-refractivity contribution in [3.05, 3.63) is 59.7 Å². The van der Waals surface area contributed by atoms with E-state index < -0.39 is 17.6 Å². The Kier molecular flexibility index (Phi) is 6.44. The summed E-state index contributed by atoms with van der Waals surface area (Å²) in [5.74, 6) is 0.152. The Bertz CT molecular complexity index is 714. The first kappa shape index (κ1) is 18.8. The summed E-state index contributed by atoms with van der Waals surface area (Å²) in [6, 6.07) is 11.8. The minimum Gasteiger partial charge on any atom is -0.491 e. The van der Waals surface area contributed by atoms with Gasteiger partial charge in [-0.3, -0.25) is 4.79 Å². The quantitative estimate of drug-likeness (QED) is 0.708. The first-order chi connectivity index (χ1) is 11.9. The third-order valence-corrected chi connectivity index (χ3v) is 3.54. The molecule has 0 unspecified atom stereocenters. The summed E-state index contributed by atoms with van der Waals surface area (Å²) in [6.45, 7) is 2.59. The van der Waals surface area contributed by atoms with Gasteiger partial charge in [0, 0.05) is 0 Å². The zero-order valence-corrected chi connectivity index (χ0v) is 13.9. The number of anilines is 1. The normalized spacial score (nSPS) is 11.2. The van der Waals surface area contributed by atoms with Crippen molar-refractivity contribution < 1.29 is 22.7 Å². The Balaban J connectivity index is 2.03. The maximum Gasteiger partial charge on any atom is 0.416 e. The van der Waals surface area contributed by atoms with Gasteiger partial charge >= 0.3 is 6.18 Å². The summed E-state index contributed by atoms with van der Waals surface area (Å²) >= 11 is 0. The number of ether oxygens (including phenoxy) is 1. The van der Waals surface area contributed by atoms with Gasteiger partial charge in [-0.05, 0) is 30.2 Å². The van der Waals surface area contributed by atoms with Gasteiger partial charge < -0.3 is 10.1 Å². The van der Waals surface area contributed by atoms with Gasteiger partial charge in [0.25, 0.3) is 0 Å². The van der Waals surface area contributed by atoms with E-state index in [-0.39, 0.29) is 6.42 Å². The van der Waals surface area contributed by atoms with Crippen molar-refractivity contribution in [3.63, 3.8) is 0 Å². The van der Waals surface area contributed by atoms with E-state index in [9.17, 15) is 18.0 Å². The van der Waals surface area contributed by atoms with Crippen molar-refractivity contribution in [1.82, 2.24) is 0 Å². The number of rotatable bonds is 7. The van der Waals surface area contributed by atoms with Crippen molar-refractivity contribution in [3.8, 4) is 5.75 Å². The van der Waals surface area contributed by atoms with Gasteiger partial charge in [0.1, 0.15) is 5.75 Å². The van der Waals surface area contributed by atoms with Crippen molar-refractivity contribution in [1.29, 1.82) is 0 Å². The summed E-state index contributed by atoms with van der Waals surface area (Å²) in [5.41, 5.74) is 0.0494. The van der Waals surface area contributed by atoms with Crippen LogP contribution in [0.2, 0.25) is 0 Å². The number of hydrogen-bond donors (Lipinski definition) is 1. The molecular formula is C19H20F3NO2. The molecule has 0 fully saturated rings. The maximum absolute atomic E-state index is 12.7. The molecule has 6 heteroatoms. The van der Waals surface area contributed by atoms with Crippen molar-refractivity contribution in [2.75, 3.05) is 11.9 Å². The third-order valence-electron chi connectivity index (χ3n) is 3.54. The van der Waals surface area contributed by atoms with Crippen LogP contribution in [0.1, 0.15) is 30.9 Å². The molecular weight excluding hydrogens is 331 g/mol. The van der Waals surface area contributed by atoms with Gasteiger partial charge in [-0.2, -0.15) is 13.2 Å². The number of para-hydroxylation sites is 2. The van der Waals surface area contributed by atoms with Gasteiger partial charge in [-0.1, -0.05) is 43.7 Å². The Labute approximate surface area is 144 Å². The number of carbonyl (C=O) groups is 1. The highest BCUT2D eigenvalue weighted by Gasteiger charge is 2.30. The molecule has 0 bridgehead atoms. The molecule has 0 aliphatic carbocycles. The van der Waals surface area contributed by atoms with E-state index in [0.717, 1.165) is 25.0 Å². The fraction of sp³-hybridized carbons (Fsp3) is 0.316. The number of alkyl halides is 3. The molecule has 25 heavy (non-hydrogen) atoms. The standard InChI is InChI=1S/C19H20F3NO2/c1-2-3-11-25-17-10-5-4-9-16(17)23-18(24)13-14-7-6-8-15(12-14)19(20,21)22/h4-10,12H,2-3,11,13H2,1H3,(H,23,24). The average Bonchev–Trinajstić information content (AvgIpc) is 2.56. The van der Waals surface area contributed by atoms with Crippen LogP contribution in [-0.4, -0.2) is 12.5 Å². The smallest absolute Gasteiger partial charge is 0.416 e. The molecule has 0 aromatic heterocycles. The van der Waals surface area contributed by atoms with Gasteiger partial charge in [-0.25, -0.2) is 0 Å². The molecule has 0 heterocycles. The van der Waals surface area contributed by atoms with Crippen LogP contribution in [0.5, 0.6) is 5.75 Å². The molecule has 1 N–H and O–H groups in total. The molecule has 0 saturated carbocycles. The fourth-order valence-electron chi connectivity index (χ4n) is 2.26. The Hall–Kier alpha value is -2.50. The molecule has 0 saturated heterocycles. The van der Waals surface area contributed by atoms with Crippen LogP contribution in [0.15, 0.2) is 48.5 Å². The van der Waals surface area contributed by atoms with Crippen LogP contribution >= 0.6 is 0 Å². The lowest BCUT2D eigenvalue weighted by molar-refractivity contribution is -0.137. The van der Waals surface area contributed by atoms with E-state index in [1.165, 1.54) is 12.1 Å². The Morgan fingerprint density at radius 1 is 1.12 bits per heavy atom. The maximum atomic E-state index is 12.7. The summed E-state index contributed by atoms with van der Waals surface area (Å²) in [4.78, 5) is 12.2. The van der Waals surface area contributed by atoms with Gasteiger partial charge in [0.2, 0.25) is 5.91 Å². The second-order valence-electron chi connectivity index (χ2n) is 5.62. The van der Waals surface area contributed by atoms with E-state index in [1.54, 1.807) is 24.3 Å². The Morgan fingerprint density at radius 2 is 1.88 bits per heavy atom. The predicted octanol–water partition coefficient (Wildman–Crippen LogP) is 5.07. The van der Waals surface area contributed by atoms with E-state index in [2.05, 4.69) is 5.32 Å². The predicted molar refractivity (Wildman–Crippen MR) is 90.6 cm³/mol. The number of carbonyl (C=O) groups excluding carboxylic acids is 1. The van der Waals surface area contributed by atoms with E-state index >= 15 is 0 Å². The molecule has 3 nitrogen and oxygen atoms in total. The number of halogens is 3. The molecule has 0 aliphatic heterocycles. The first-order valence-corrected chi connectivity index (χ1v) is 8.08. The zero-order valence-electron chi connectivity index (χ0n) is 13.9. The SMILES string of the molecule is CCCCOc1ccccc1NC(=O)Cc1cccc(C(F)(F)F)c1. The largest absolute Gasteiger partial charge is 0.491 e. The molecule has 2 aromatic carbocycles. The average molecular weight is 351 g/mol. The molecule has 0 aliphatic rings. The molecule has 0 atom stereocenters. The lowest BCUT2D eigenvalue weighted by Gasteiger charge is -2.13. The number of nitrogens with one attached hydrogen (secondary N) is 1. The number of amides is 1. The molecule has 2 aromatic rings. The Morgan fingerprint density at radius 3 is 2.60 bits per heavy atom. The van der Waals surface area contributed by atoms with E-state index in [0.29, 0.717) is 23.6 Å². The topological polar surface area (TPSA) is 38.3 Å². The van der Waals surface area contributed by atoms with Crippen LogP contribution in [0.3, 0.4) is 0 Å². The summed E-state index contributed by atoms with van der Waals surface area (Å²) in [7, 11) is 0. The van der Waals surface area contributed by atoms with Crippen LogP contribution < -0.4 is 10.1 Å². The first-order valence-electron chi connectivity index (χ1n) is 8.08. The zero-order chi connectivity index (χ0) is 18.3. The minimum absolute atomic E-state index is 0.146. The van der Waals surface area contributed by atoms with Crippen molar-refractivity contribution in [2.45, 2.75) is 32.4 Å². The molecule has 2 rings (SSSR count). The molecule has 0 spiro atoms. The van der Waals surface area contributed by atoms with Crippen LogP contribution in [-0.2, 0) is 17.4 Å². The number of benzene rings is 2. The summed E-state index contributed by atoms with van der Waals surface area (Å²) in [5, 5.41) is 2.70. The molecule has 1 amide bonds. The van der Waals surface area contributed by atoms with Crippen LogP contribution in [0, 0.1) is 0 Å². The highest BCUT2D eigenvalue weighted by Crippen LogP contribution is 2.30. The lowest BCUT2D eigenvalue weighted by Crippen LogP contribution is -2.16. The van der Waals surface area contributed by atoms with Crippen molar-refractivity contribution in [2.24, 2.45) is 0 Å². The minimum atomic E-state index is -4.42. The summed E-state index contributed by atoms with van der Waals surface area (Å²) in [6.07, 6.45) is -2.68. The van der Waals surface area contributed by atoms with Gasteiger partial charge in [0.05, 0.1) is 24.3 Å². The van der Waals surface area contributed by atoms with E-state index in [1.807, 2.05) is 6.92 Å². The van der Waals surface area contributed by atoms with Crippen LogP contribution in [0.4, 0.5) is 18.9 Å². The molecule has 0 radical (unpaired) electrons. The van der Waals surface area contributed by atoms with Crippen molar-refractivity contribution >= 4 is 11.6 Å². The highest BCUT2D eigenvalue weighted by molar-refractivity contribution is 5.93. The second kappa shape index (κ2) is 8.55. The highest BCUT2D eigenvalue weighted by atomic mass is 19.4. The monoisotopic (exact) mass is 351 g/mol. The van der Waals surface area contributed by atoms with E-state index in [4.69, 9.17) is 4.74 Å². The summed E-state index contributed by atoms with van der Waals surface area (Å²) < 4.78 is 43.8. The number of unbranched alkanes of at least 4 members (excludes halogenated alkanes) is 1. The number of hydrogen-bond acceptors (Lipinski definition) is 2. The fourth-order valence-corrected chi connectivity index (χ4v) is 2.26.